The van der Waals surface area contributed by atoms with Crippen molar-refractivity contribution < 1.29 is 4.79 Å². The molecule has 1 N–H and O–H groups in total. The Morgan fingerprint density at radius 2 is 1.62 bits per heavy atom. The number of halogens is 2. The molecule has 4 aromatic rings. The Balaban J connectivity index is 1.73. The van der Waals surface area contributed by atoms with Crippen LogP contribution in [-0.4, -0.2) is 15.7 Å². The number of para-hydroxylation sites is 1. The number of amides is 1. The van der Waals surface area contributed by atoms with Crippen LogP contribution in [0.3, 0.4) is 0 Å². The number of carbonyl (C=O) groups excluding carboxylic acids is 1. The Hall–Kier alpha value is -3.08. The lowest BCUT2D eigenvalue weighted by molar-refractivity contribution is 0.102. The second-order valence-corrected chi connectivity index (χ2v) is 7.43. The van der Waals surface area contributed by atoms with E-state index in [2.05, 4.69) is 10.4 Å². The van der Waals surface area contributed by atoms with Crippen LogP contribution in [0.25, 0.3) is 16.9 Å². The van der Waals surface area contributed by atoms with Crippen molar-refractivity contribution in [3.05, 3.63) is 100 Å². The molecule has 0 saturated carbocycles. The number of rotatable bonds is 4. The molecular weight excluding hydrogens is 405 g/mol. The summed E-state index contributed by atoms with van der Waals surface area (Å²) in [4.78, 5) is 12.8. The fourth-order valence-electron chi connectivity index (χ4n) is 2.96. The molecule has 1 aromatic heterocycles. The number of hydrogen-bond acceptors (Lipinski definition) is 2. The molecule has 0 aliphatic carbocycles. The van der Waals surface area contributed by atoms with Crippen LogP contribution in [0.2, 0.25) is 10.0 Å². The van der Waals surface area contributed by atoms with Gasteiger partial charge in [-0.1, -0.05) is 71.2 Å². The van der Waals surface area contributed by atoms with E-state index in [0.717, 1.165) is 22.5 Å². The van der Waals surface area contributed by atoms with Gasteiger partial charge in [-0.05, 0) is 43.3 Å². The second-order valence-electron chi connectivity index (χ2n) is 6.61. The van der Waals surface area contributed by atoms with E-state index in [1.54, 1.807) is 28.9 Å². The maximum atomic E-state index is 12.8. The van der Waals surface area contributed by atoms with Gasteiger partial charge in [-0.25, -0.2) is 4.68 Å². The van der Waals surface area contributed by atoms with Crippen molar-refractivity contribution in [3.8, 4) is 16.9 Å². The first-order chi connectivity index (χ1) is 14.0. The first kappa shape index (κ1) is 19.2. The third-order valence-electron chi connectivity index (χ3n) is 4.47. The summed E-state index contributed by atoms with van der Waals surface area (Å²) in [6.07, 6.45) is 0. The fraction of sp³-hybridized carbons (Fsp3) is 0.0435. The normalized spacial score (nSPS) is 10.7. The number of benzene rings is 3. The lowest BCUT2D eigenvalue weighted by atomic mass is 10.1. The van der Waals surface area contributed by atoms with Crippen molar-refractivity contribution in [1.82, 2.24) is 9.78 Å². The Labute approximate surface area is 178 Å². The number of carbonyl (C=O) groups is 1. The quantitative estimate of drug-likeness (QED) is 0.413. The highest BCUT2D eigenvalue weighted by Crippen LogP contribution is 2.27. The molecule has 1 amide bonds. The molecule has 144 valence electrons. The van der Waals surface area contributed by atoms with Gasteiger partial charge in [0.1, 0.15) is 0 Å². The summed E-state index contributed by atoms with van der Waals surface area (Å²) in [7, 11) is 0. The molecule has 29 heavy (non-hydrogen) atoms. The van der Waals surface area contributed by atoms with E-state index in [1.807, 2.05) is 61.5 Å². The molecule has 4 rings (SSSR count). The van der Waals surface area contributed by atoms with Crippen LogP contribution < -0.4 is 5.32 Å². The first-order valence-corrected chi connectivity index (χ1v) is 9.76. The average molecular weight is 422 g/mol. The molecule has 1 heterocycles. The minimum atomic E-state index is -0.327. The lowest BCUT2D eigenvalue weighted by Gasteiger charge is -2.07. The van der Waals surface area contributed by atoms with E-state index >= 15 is 0 Å². The molecule has 0 saturated heterocycles. The predicted molar refractivity (Wildman–Crippen MR) is 118 cm³/mol. The monoisotopic (exact) mass is 421 g/mol. The summed E-state index contributed by atoms with van der Waals surface area (Å²) in [5.74, 6) is -0.327. The molecule has 0 radical (unpaired) electrons. The van der Waals surface area contributed by atoms with Crippen molar-refractivity contribution in [3.63, 3.8) is 0 Å². The minimum absolute atomic E-state index is 0.301. The highest BCUT2D eigenvalue weighted by molar-refractivity contribution is 6.42. The summed E-state index contributed by atoms with van der Waals surface area (Å²) >= 11 is 12.0. The number of anilines is 1. The maximum Gasteiger partial charge on any atom is 0.276 e. The van der Waals surface area contributed by atoms with E-state index in [-0.39, 0.29) is 5.91 Å². The van der Waals surface area contributed by atoms with Crippen molar-refractivity contribution in [2.24, 2.45) is 0 Å². The zero-order valence-corrected chi connectivity index (χ0v) is 17.1. The summed E-state index contributed by atoms with van der Waals surface area (Å²) in [5.41, 5.74) is 4.69. The van der Waals surface area contributed by atoms with E-state index in [9.17, 15) is 4.79 Å². The number of nitrogens with one attached hydrogen (secondary N) is 1. The van der Waals surface area contributed by atoms with Gasteiger partial charge in [-0.3, -0.25) is 4.79 Å². The van der Waals surface area contributed by atoms with Gasteiger partial charge in [0.05, 0.1) is 21.4 Å². The Kier molecular flexibility index (Phi) is 5.38. The molecule has 0 unspecified atom stereocenters. The fourth-order valence-corrected chi connectivity index (χ4v) is 3.26. The van der Waals surface area contributed by atoms with Crippen LogP contribution in [0.5, 0.6) is 0 Å². The van der Waals surface area contributed by atoms with Gasteiger partial charge in [-0.2, -0.15) is 5.10 Å². The minimum Gasteiger partial charge on any atom is -0.321 e. The SMILES string of the molecule is Cc1ccc(-c2cc(C(=O)Nc3ccc(Cl)c(Cl)c3)nn2-c2ccccc2)cc1. The van der Waals surface area contributed by atoms with Crippen molar-refractivity contribution in [1.29, 1.82) is 0 Å². The molecule has 0 spiro atoms. The maximum absolute atomic E-state index is 12.8. The van der Waals surface area contributed by atoms with Gasteiger partial charge in [-0.15, -0.1) is 0 Å². The molecular formula is C23H17Cl2N3O. The van der Waals surface area contributed by atoms with Gasteiger partial charge in [0.25, 0.3) is 5.91 Å². The topological polar surface area (TPSA) is 46.9 Å². The molecule has 0 aliphatic rings. The van der Waals surface area contributed by atoms with Gasteiger partial charge in [0.2, 0.25) is 0 Å². The smallest absolute Gasteiger partial charge is 0.276 e. The molecule has 0 aliphatic heterocycles. The standard InChI is InChI=1S/C23H17Cl2N3O/c1-15-7-9-16(10-8-15)22-14-21(27-28(22)18-5-3-2-4-6-18)23(29)26-17-11-12-19(24)20(25)13-17/h2-14H,1H3,(H,26,29). The van der Waals surface area contributed by atoms with Gasteiger partial charge < -0.3 is 5.32 Å². The number of nitrogens with zero attached hydrogens (tertiary/aromatic N) is 2. The summed E-state index contributed by atoms with van der Waals surface area (Å²) < 4.78 is 1.77. The molecule has 0 atom stereocenters. The van der Waals surface area contributed by atoms with E-state index in [1.165, 1.54) is 0 Å². The predicted octanol–water partition coefficient (Wildman–Crippen LogP) is 6.41. The van der Waals surface area contributed by atoms with Crippen LogP contribution in [-0.2, 0) is 0 Å². The summed E-state index contributed by atoms with van der Waals surface area (Å²) in [6, 6.07) is 24.5. The van der Waals surface area contributed by atoms with Crippen LogP contribution in [0.4, 0.5) is 5.69 Å². The Morgan fingerprint density at radius 1 is 0.897 bits per heavy atom. The zero-order valence-electron chi connectivity index (χ0n) is 15.6. The number of aromatic nitrogens is 2. The Bertz CT molecular complexity index is 1170. The molecule has 6 heteroatoms. The van der Waals surface area contributed by atoms with Crippen molar-refractivity contribution in [2.75, 3.05) is 5.32 Å². The number of aryl methyl sites for hydroxylation is 1. The molecule has 4 nitrogen and oxygen atoms in total. The second kappa shape index (κ2) is 8.11. The van der Waals surface area contributed by atoms with E-state index in [4.69, 9.17) is 23.2 Å². The van der Waals surface area contributed by atoms with Crippen LogP contribution >= 0.6 is 23.2 Å². The average Bonchev–Trinajstić information content (AvgIpc) is 3.18. The third-order valence-corrected chi connectivity index (χ3v) is 5.21. The van der Waals surface area contributed by atoms with Gasteiger partial charge in [0.15, 0.2) is 5.69 Å². The van der Waals surface area contributed by atoms with Gasteiger partial charge >= 0.3 is 0 Å². The molecule has 0 bridgehead atoms. The first-order valence-electron chi connectivity index (χ1n) is 9.00. The van der Waals surface area contributed by atoms with E-state index < -0.39 is 0 Å². The highest BCUT2D eigenvalue weighted by Gasteiger charge is 2.17. The largest absolute Gasteiger partial charge is 0.321 e. The molecule has 0 fully saturated rings. The van der Waals surface area contributed by atoms with Crippen molar-refractivity contribution in [2.45, 2.75) is 6.92 Å². The molecule has 3 aromatic carbocycles. The van der Waals surface area contributed by atoms with Crippen LogP contribution in [0.1, 0.15) is 16.1 Å². The lowest BCUT2D eigenvalue weighted by Crippen LogP contribution is -2.13. The zero-order chi connectivity index (χ0) is 20.4. The van der Waals surface area contributed by atoms with Crippen molar-refractivity contribution >= 4 is 34.8 Å². The third kappa shape index (κ3) is 4.19. The van der Waals surface area contributed by atoms with E-state index in [0.29, 0.717) is 21.4 Å². The highest BCUT2D eigenvalue weighted by atomic mass is 35.5. The Morgan fingerprint density at radius 3 is 2.31 bits per heavy atom. The van der Waals surface area contributed by atoms with Gasteiger partial charge in [0, 0.05) is 11.3 Å². The number of hydrogen-bond donors (Lipinski definition) is 1. The van der Waals surface area contributed by atoms with Crippen LogP contribution in [0, 0.1) is 6.92 Å². The summed E-state index contributed by atoms with van der Waals surface area (Å²) in [6.45, 7) is 2.04. The summed E-state index contributed by atoms with van der Waals surface area (Å²) in [5, 5.41) is 8.19. The van der Waals surface area contributed by atoms with Crippen LogP contribution in [0.15, 0.2) is 78.9 Å².